The zero-order valence-corrected chi connectivity index (χ0v) is 8.79. The van der Waals surface area contributed by atoms with Gasteiger partial charge in [0, 0.05) is 13.1 Å². The Kier molecular flexibility index (Phi) is 4.06. The van der Waals surface area contributed by atoms with Gasteiger partial charge in [0.15, 0.2) is 0 Å². The minimum absolute atomic E-state index is 0.353. The van der Waals surface area contributed by atoms with E-state index in [9.17, 15) is 4.79 Å². The van der Waals surface area contributed by atoms with Crippen LogP contribution in [-0.4, -0.2) is 17.6 Å². The molecule has 0 atom stereocenters. The van der Waals surface area contributed by atoms with E-state index in [1.807, 2.05) is 19.1 Å². The van der Waals surface area contributed by atoms with Crippen molar-refractivity contribution in [1.29, 1.82) is 0 Å². The van der Waals surface area contributed by atoms with Crippen LogP contribution in [0.3, 0.4) is 0 Å². The third-order valence-electron chi connectivity index (χ3n) is 1.99. The summed E-state index contributed by atoms with van der Waals surface area (Å²) in [7, 11) is 0. The minimum Gasteiger partial charge on any atom is -0.478 e. The molecule has 0 fully saturated rings. The van der Waals surface area contributed by atoms with E-state index >= 15 is 0 Å². The van der Waals surface area contributed by atoms with E-state index in [0.29, 0.717) is 18.7 Å². The van der Waals surface area contributed by atoms with Crippen molar-refractivity contribution in [2.75, 3.05) is 6.54 Å². The Labute approximate surface area is 89.4 Å². The van der Waals surface area contributed by atoms with Gasteiger partial charge in [0.1, 0.15) is 0 Å². The van der Waals surface area contributed by atoms with Gasteiger partial charge in [-0.3, -0.25) is 0 Å². The molecule has 2 N–H and O–H groups in total. The van der Waals surface area contributed by atoms with E-state index in [-0.39, 0.29) is 0 Å². The first-order chi connectivity index (χ1) is 7.11. The van der Waals surface area contributed by atoms with Crippen molar-refractivity contribution in [3.05, 3.63) is 47.5 Å². The van der Waals surface area contributed by atoms with Crippen molar-refractivity contribution in [2.45, 2.75) is 13.5 Å². The number of carbonyl (C=O) groups is 1. The molecule has 1 aromatic carbocycles. The van der Waals surface area contributed by atoms with E-state index in [4.69, 9.17) is 5.11 Å². The lowest BCUT2D eigenvalue weighted by atomic mass is 10.1. The minimum atomic E-state index is -0.886. The molecule has 80 valence electrons. The third-order valence-corrected chi connectivity index (χ3v) is 1.99. The summed E-state index contributed by atoms with van der Waals surface area (Å²) in [4.78, 5) is 10.9. The summed E-state index contributed by atoms with van der Waals surface area (Å²) in [6, 6.07) is 6.99. The number of carboxylic acid groups (broad SMARTS) is 1. The standard InChI is InChI=1S/C12H15NO2/c1-9(2)7-13-8-10-5-3-4-6-11(10)12(14)15/h3-6,13H,1,7-8H2,2H3,(H,14,15). The van der Waals surface area contributed by atoms with E-state index in [1.54, 1.807) is 12.1 Å². The highest BCUT2D eigenvalue weighted by molar-refractivity contribution is 5.89. The zero-order chi connectivity index (χ0) is 11.3. The molecule has 0 spiro atoms. The lowest BCUT2D eigenvalue weighted by molar-refractivity contribution is 0.0695. The molecule has 0 saturated carbocycles. The Balaban J connectivity index is 2.67. The summed E-state index contributed by atoms with van der Waals surface area (Å²) in [6.45, 7) is 6.94. The van der Waals surface area contributed by atoms with Crippen LogP contribution in [0.2, 0.25) is 0 Å². The first-order valence-corrected chi connectivity index (χ1v) is 4.77. The molecule has 0 aliphatic rings. The largest absolute Gasteiger partial charge is 0.478 e. The van der Waals surface area contributed by atoms with Crippen molar-refractivity contribution >= 4 is 5.97 Å². The summed E-state index contributed by atoms with van der Waals surface area (Å²) < 4.78 is 0. The van der Waals surface area contributed by atoms with Crippen molar-refractivity contribution < 1.29 is 9.90 Å². The smallest absolute Gasteiger partial charge is 0.336 e. The Bertz CT molecular complexity index is 372. The fourth-order valence-corrected chi connectivity index (χ4v) is 1.29. The van der Waals surface area contributed by atoms with E-state index < -0.39 is 5.97 Å². The van der Waals surface area contributed by atoms with Crippen molar-refractivity contribution in [3.63, 3.8) is 0 Å². The molecule has 0 heterocycles. The average Bonchev–Trinajstić information content (AvgIpc) is 2.17. The summed E-state index contributed by atoms with van der Waals surface area (Å²) in [6.07, 6.45) is 0. The van der Waals surface area contributed by atoms with Gasteiger partial charge in [-0.05, 0) is 18.6 Å². The SMILES string of the molecule is C=C(C)CNCc1ccccc1C(=O)O. The lowest BCUT2D eigenvalue weighted by Crippen LogP contribution is -2.17. The van der Waals surface area contributed by atoms with Crippen molar-refractivity contribution in [3.8, 4) is 0 Å². The molecule has 0 unspecified atom stereocenters. The lowest BCUT2D eigenvalue weighted by Gasteiger charge is -2.07. The first-order valence-electron chi connectivity index (χ1n) is 4.77. The molecule has 0 amide bonds. The van der Waals surface area contributed by atoms with E-state index in [1.165, 1.54) is 0 Å². The van der Waals surface area contributed by atoms with Crippen LogP contribution in [0.15, 0.2) is 36.4 Å². The fourth-order valence-electron chi connectivity index (χ4n) is 1.29. The molecule has 0 saturated heterocycles. The van der Waals surface area contributed by atoms with Gasteiger partial charge < -0.3 is 10.4 Å². The van der Waals surface area contributed by atoms with Gasteiger partial charge in [-0.25, -0.2) is 4.79 Å². The van der Waals surface area contributed by atoms with Crippen LogP contribution in [0.5, 0.6) is 0 Å². The van der Waals surface area contributed by atoms with Gasteiger partial charge >= 0.3 is 5.97 Å². The van der Waals surface area contributed by atoms with Crippen LogP contribution >= 0.6 is 0 Å². The van der Waals surface area contributed by atoms with Crippen molar-refractivity contribution in [1.82, 2.24) is 5.32 Å². The molecule has 1 aromatic rings. The summed E-state index contributed by atoms with van der Waals surface area (Å²) >= 11 is 0. The summed E-state index contributed by atoms with van der Waals surface area (Å²) in [5.41, 5.74) is 2.18. The normalized spacial score (nSPS) is 9.93. The Morgan fingerprint density at radius 2 is 2.13 bits per heavy atom. The first kappa shape index (κ1) is 11.5. The number of benzene rings is 1. The Morgan fingerprint density at radius 3 is 2.73 bits per heavy atom. The zero-order valence-electron chi connectivity index (χ0n) is 8.79. The van der Waals surface area contributed by atoms with Crippen LogP contribution in [0, 0.1) is 0 Å². The van der Waals surface area contributed by atoms with Crippen LogP contribution in [-0.2, 0) is 6.54 Å². The maximum atomic E-state index is 10.9. The quantitative estimate of drug-likeness (QED) is 0.723. The highest BCUT2D eigenvalue weighted by Gasteiger charge is 2.07. The van der Waals surface area contributed by atoms with Gasteiger partial charge in [-0.2, -0.15) is 0 Å². The van der Waals surface area contributed by atoms with Crippen LogP contribution in [0.25, 0.3) is 0 Å². The second kappa shape index (κ2) is 5.32. The van der Waals surface area contributed by atoms with Crippen LogP contribution in [0.4, 0.5) is 0 Å². The molecule has 0 bridgehead atoms. The average molecular weight is 205 g/mol. The van der Waals surface area contributed by atoms with Crippen molar-refractivity contribution in [2.24, 2.45) is 0 Å². The molecule has 15 heavy (non-hydrogen) atoms. The Morgan fingerprint density at radius 1 is 1.47 bits per heavy atom. The van der Waals surface area contributed by atoms with Crippen LogP contribution in [0.1, 0.15) is 22.8 Å². The number of rotatable bonds is 5. The summed E-state index contributed by atoms with van der Waals surface area (Å²) in [5, 5.41) is 12.1. The second-order valence-corrected chi connectivity index (χ2v) is 3.52. The number of hydrogen-bond acceptors (Lipinski definition) is 2. The fraction of sp³-hybridized carbons (Fsp3) is 0.250. The third kappa shape index (κ3) is 3.56. The summed E-state index contributed by atoms with van der Waals surface area (Å²) in [5.74, 6) is -0.886. The van der Waals surface area contributed by atoms with Crippen LogP contribution < -0.4 is 5.32 Å². The number of nitrogens with one attached hydrogen (secondary N) is 1. The number of hydrogen-bond donors (Lipinski definition) is 2. The van der Waals surface area contributed by atoms with Gasteiger partial charge in [0.25, 0.3) is 0 Å². The monoisotopic (exact) mass is 205 g/mol. The van der Waals surface area contributed by atoms with Gasteiger partial charge in [-0.15, -0.1) is 0 Å². The second-order valence-electron chi connectivity index (χ2n) is 3.52. The predicted molar refractivity (Wildman–Crippen MR) is 59.9 cm³/mol. The molecule has 3 nitrogen and oxygen atoms in total. The van der Waals surface area contributed by atoms with Gasteiger partial charge in [0.2, 0.25) is 0 Å². The molecule has 0 aliphatic heterocycles. The maximum Gasteiger partial charge on any atom is 0.336 e. The molecular formula is C12H15NO2. The van der Waals surface area contributed by atoms with Gasteiger partial charge in [0.05, 0.1) is 5.56 Å². The highest BCUT2D eigenvalue weighted by atomic mass is 16.4. The molecule has 3 heteroatoms. The molecule has 0 aromatic heterocycles. The van der Waals surface area contributed by atoms with E-state index in [2.05, 4.69) is 11.9 Å². The molecule has 0 aliphatic carbocycles. The topological polar surface area (TPSA) is 49.3 Å². The Hall–Kier alpha value is -1.61. The van der Waals surface area contributed by atoms with E-state index in [0.717, 1.165) is 11.1 Å². The van der Waals surface area contributed by atoms with Gasteiger partial charge in [-0.1, -0.05) is 30.4 Å². The maximum absolute atomic E-state index is 10.9. The molecule has 1 rings (SSSR count). The molecule has 0 radical (unpaired) electrons. The number of aromatic carboxylic acids is 1. The highest BCUT2D eigenvalue weighted by Crippen LogP contribution is 2.08. The molecular weight excluding hydrogens is 190 g/mol. The predicted octanol–water partition coefficient (Wildman–Crippen LogP) is 2.05. The number of carboxylic acids is 1.